The first-order valence-electron chi connectivity index (χ1n) is 9.41. The van der Waals surface area contributed by atoms with Crippen LogP contribution in [0.15, 0.2) is 23.2 Å². The summed E-state index contributed by atoms with van der Waals surface area (Å²) in [6.45, 7) is 3.14. The lowest BCUT2D eigenvalue weighted by Crippen LogP contribution is -2.49. The van der Waals surface area contributed by atoms with E-state index >= 15 is 0 Å². The predicted octanol–water partition coefficient (Wildman–Crippen LogP) is 3.00. The second kappa shape index (κ2) is 10.2. The molecule has 2 N–H and O–H groups in total. The van der Waals surface area contributed by atoms with Crippen LogP contribution in [0.3, 0.4) is 0 Å². The van der Waals surface area contributed by atoms with E-state index in [2.05, 4.69) is 15.6 Å². The van der Waals surface area contributed by atoms with E-state index in [0.29, 0.717) is 38.5 Å². The fraction of sp³-hybridized carbons (Fsp3) is 0.579. The Labute approximate surface area is 168 Å². The van der Waals surface area contributed by atoms with Crippen LogP contribution in [0, 0.1) is 0 Å². The lowest BCUT2D eigenvalue weighted by Gasteiger charge is -2.32. The lowest BCUT2D eigenvalue weighted by molar-refractivity contribution is -0.138. The van der Waals surface area contributed by atoms with Crippen LogP contribution in [0.5, 0.6) is 5.75 Å². The average molecular weight is 416 g/mol. The highest BCUT2D eigenvalue weighted by Crippen LogP contribution is 2.34. The number of amides is 1. The number of benzene rings is 1. The van der Waals surface area contributed by atoms with Crippen LogP contribution in [0.25, 0.3) is 0 Å². The summed E-state index contributed by atoms with van der Waals surface area (Å²) in [4.78, 5) is 17.5. The molecular formula is C19H27F3N4O3. The Hall–Kier alpha value is -2.65. The maximum Gasteiger partial charge on any atom is 0.416 e. The van der Waals surface area contributed by atoms with Gasteiger partial charge in [-0.3, -0.25) is 4.99 Å². The van der Waals surface area contributed by atoms with Gasteiger partial charge in [-0.2, -0.15) is 13.2 Å². The molecule has 0 saturated carbocycles. The minimum absolute atomic E-state index is 0.0415. The van der Waals surface area contributed by atoms with E-state index in [4.69, 9.17) is 9.47 Å². The molecule has 0 bridgehead atoms. The Morgan fingerprint density at radius 1 is 1.31 bits per heavy atom. The number of piperidine rings is 1. The highest BCUT2D eigenvalue weighted by Gasteiger charge is 2.34. The van der Waals surface area contributed by atoms with Gasteiger partial charge in [0.15, 0.2) is 5.96 Å². The molecule has 1 heterocycles. The van der Waals surface area contributed by atoms with E-state index in [9.17, 15) is 18.0 Å². The van der Waals surface area contributed by atoms with Crippen molar-refractivity contribution in [3.05, 3.63) is 29.3 Å². The number of carbonyl (C=O) groups excluding carboxylic acids is 1. The molecule has 2 rings (SSSR count). The van der Waals surface area contributed by atoms with Crippen LogP contribution >= 0.6 is 0 Å². The quantitative estimate of drug-likeness (QED) is 0.570. The first kappa shape index (κ1) is 22.6. The number of hydrogen-bond acceptors (Lipinski definition) is 4. The number of likely N-dealkylation sites (tertiary alicyclic amines) is 1. The van der Waals surface area contributed by atoms with E-state index in [1.165, 1.54) is 19.2 Å². The zero-order chi connectivity index (χ0) is 21.4. The third kappa shape index (κ3) is 6.43. The normalized spacial score (nSPS) is 15.8. The van der Waals surface area contributed by atoms with E-state index in [0.717, 1.165) is 6.07 Å². The number of aliphatic imine (C=N–C) groups is 1. The number of guanidine groups is 1. The lowest BCUT2D eigenvalue weighted by atomic mass is 10.1. The van der Waals surface area contributed by atoms with Gasteiger partial charge in [-0.05, 0) is 37.5 Å². The third-order valence-corrected chi connectivity index (χ3v) is 4.65. The number of alkyl halides is 3. The van der Waals surface area contributed by atoms with Crippen LogP contribution in [-0.4, -0.2) is 56.8 Å². The number of nitrogens with one attached hydrogen (secondary N) is 2. The maximum atomic E-state index is 13.3. The molecule has 0 unspecified atom stereocenters. The fourth-order valence-electron chi connectivity index (χ4n) is 3.09. The van der Waals surface area contributed by atoms with Crippen LogP contribution < -0.4 is 15.4 Å². The zero-order valence-corrected chi connectivity index (χ0v) is 16.8. The second-order valence-corrected chi connectivity index (χ2v) is 6.55. The van der Waals surface area contributed by atoms with Crippen molar-refractivity contribution < 1.29 is 27.4 Å². The van der Waals surface area contributed by atoms with Crippen molar-refractivity contribution in [3.63, 3.8) is 0 Å². The number of nitrogens with zero attached hydrogens (tertiary/aromatic N) is 2. The monoisotopic (exact) mass is 416 g/mol. The van der Waals surface area contributed by atoms with Crippen molar-refractivity contribution in [3.8, 4) is 5.75 Å². The van der Waals surface area contributed by atoms with Crippen LogP contribution in [0.1, 0.15) is 30.9 Å². The number of rotatable bonds is 5. The third-order valence-electron chi connectivity index (χ3n) is 4.65. The molecule has 1 aliphatic rings. The number of carbonyl (C=O) groups is 1. The van der Waals surface area contributed by atoms with E-state index in [1.54, 1.807) is 18.9 Å². The Kier molecular flexibility index (Phi) is 7.98. The van der Waals surface area contributed by atoms with E-state index in [1.807, 2.05) is 0 Å². The molecule has 1 amide bonds. The van der Waals surface area contributed by atoms with Gasteiger partial charge in [-0.25, -0.2) is 4.79 Å². The highest BCUT2D eigenvalue weighted by atomic mass is 19.4. The summed E-state index contributed by atoms with van der Waals surface area (Å²) in [5, 5.41) is 6.13. The van der Waals surface area contributed by atoms with Crippen molar-refractivity contribution in [2.24, 2.45) is 4.99 Å². The van der Waals surface area contributed by atoms with Gasteiger partial charge in [0, 0.05) is 32.7 Å². The van der Waals surface area contributed by atoms with Gasteiger partial charge in [0.25, 0.3) is 0 Å². The summed E-state index contributed by atoms with van der Waals surface area (Å²) in [6, 6.07) is 3.93. The fourth-order valence-corrected chi connectivity index (χ4v) is 3.09. The minimum atomic E-state index is -4.48. The predicted molar refractivity (Wildman–Crippen MR) is 103 cm³/mol. The van der Waals surface area contributed by atoms with Crippen LogP contribution in [0.4, 0.5) is 18.0 Å². The molecule has 1 fully saturated rings. The molecule has 10 heteroatoms. The summed E-state index contributed by atoms with van der Waals surface area (Å²) >= 11 is 0. The molecule has 0 aromatic heterocycles. The number of hydrogen-bond donors (Lipinski definition) is 2. The molecule has 0 aliphatic carbocycles. The summed E-state index contributed by atoms with van der Waals surface area (Å²) in [5.41, 5.74) is -0.652. The molecule has 7 nitrogen and oxygen atoms in total. The molecule has 29 heavy (non-hydrogen) atoms. The summed E-state index contributed by atoms with van der Waals surface area (Å²) < 4.78 is 49.9. The van der Waals surface area contributed by atoms with Gasteiger partial charge in [0.1, 0.15) is 5.75 Å². The highest BCUT2D eigenvalue weighted by molar-refractivity contribution is 5.80. The molecular weight excluding hydrogens is 389 g/mol. The molecule has 1 aliphatic heterocycles. The van der Waals surface area contributed by atoms with Crippen molar-refractivity contribution in [1.82, 2.24) is 15.5 Å². The van der Waals surface area contributed by atoms with Gasteiger partial charge < -0.3 is 25.0 Å². The second-order valence-electron chi connectivity index (χ2n) is 6.55. The van der Waals surface area contributed by atoms with Crippen molar-refractivity contribution in [1.29, 1.82) is 0 Å². The van der Waals surface area contributed by atoms with Gasteiger partial charge in [0.05, 0.1) is 19.3 Å². The number of ether oxygens (including phenoxy) is 2. The Morgan fingerprint density at radius 3 is 2.55 bits per heavy atom. The standard InChI is InChI=1S/C19H27F3N4O3/c1-4-29-18(27)26-9-7-14(8-10-26)25-17(23-2)24-12-13-5-6-15(28-3)11-16(13)19(20,21)22/h5-6,11,14H,4,7-10,12H2,1-3H3,(H2,23,24,25). The molecule has 1 saturated heterocycles. The molecule has 1 aromatic carbocycles. The van der Waals surface area contributed by atoms with Crippen LogP contribution in [0.2, 0.25) is 0 Å². The summed E-state index contributed by atoms with van der Waals surface area (Å²) in [7, 11) is 2.88. The summed E-state index contributed by atoms with van der Waals surface area (Å²) in [5.74, 6) is 0.556. The van der Waals surface area contributed by atoms with E-state index in [-0.39, 0.29) is 30.0 Å². The topological polar surface area (TPSA) is 75.2 Å². The number of halogens is 3. The SMILES string of the molecule is CCOC(=O)N1CCC(NC(=NC)NCc2ccc(OC)cc2C(F)(F)F)CC1. The number of methoxy groups -OCH3 is 1. The zero-order valence-electron chi connectivity index (χ0n) is 16.8. The molecule has 0 atom stereocenters. The van der Waals surface area contributed by atoms with Crippen molar-refractivity contribution >= 4 is 12.1 Å². The van der Waals surface area contributed by atoms with Gasteiger partial charge >= 0.3 is 12.3 Å². The smallest absolute Gasteiger partial charge is 0.416 e. The maximum absolute atomic E-state index is 13.3. The Bertz CT molecular complexity index is 717. The molecule has 0 spiro atoms. The molecule has 162 valence electrons. The first-order chi connectivity index (χ1) is 13.8. The minimum Gasteiger partial charge on any atom is -0.497 e. The van der Waals surface area contributed by atoms with Crippen LogP contribution in [-0.2, 0) is 17.5 Å². The van der Waals surface area contributed by atoms with E-state index < -0.39 is 11.7 Å². The van der Waals surface area contributed by atoms with Gasteiger partial charge in [-0.1, -0.05) is 6.07 Å². The van der Waals surface area contributed by atoms with Gasteiger partial charge in [-0.15, -0.1) is 0 Å². The molecule has 0 radical (unpaired) electrons. The van der Waals surface area contributed by atoms with Crippen molar-refractivity contribution in [2.75, 3.05) is 33.9 Å². The van der Waals surface area contributed by atoms with Gasteiger partial charge in [0.2, 0.25) is 0 Å². The first-order valence-corrected chi connectivity index (χ1v) is 9.41. The summed E-state index contributed by atoms with van der Waals surface area (Å²) in [6.07, 6.45) is -3.43. The largest absolute Gasteiger partial charge is 0.497 e. The Morgan fingerprint density at radius 2 is 2.00 bits per heavy atom. The van der Waals surface area contributed by atoms with Crippen molar-refractivity contribution in [2.45, 2.75) is 38.5 Å². The Balaban J connectivity index is 1.93. The average Bonchev–Trinajstić information content (AvgIpc) is 2.71. The molecule has 1 aromatic rings.